The Balaban J connectivity index is 0.997. The van der Waals surface area contributed by atoms with Crippen LogP contribution in [0.25, 0.3) is 179 Å². The number of unbranched alkanes of at least 4 members (excludes halogenated alkanes) is 32. The van der Waals surface area contributed by atoms with Gasteiger partial charge in [-0.3, -0.25) is 0 Å². The SMILES string of the molecule is CCCCCCCCCCCOc1cc2c3nc4nc(nc5[nH]c(nc6nc(nc([nH]3)c2cc1OCCCCCCCCCCC)-c1c(-c2ccccc2)c(-c2ccccc2)c(-c2ccccc2)c(-c2ccccc2)c1-6)c1cc(OCCCCCCCCCCC)c(OCCCCCCCCCCC)cc51)-c1c(-c2ccccc2)c(-c2ccccc2)c(-c2ccccc2)c(-c2ccccc2)c1-4. The lowest BCUT2D eigenvalue weighted by Crippen LogP contribution is -2.03. The second kappa shape index (κ2) is 49.1. The molecule has 15 aromatic rings. The van der Waals surface area contributed by atoms with Crippen LogP contribution in [0.3, 0.4) is 0 Å². The Labute approximate surface area is 807 Å². The van der Waals surface area contributed by atoms with Crippen molar-refractivity contribution < 1.29 is 18.9 Å². The van der Waals surface area contributed by atoms with Gasteiger partial charge in [-0.2, -0.15) is 0 Å². The fraction of sp³-hybridized carbons (Fsp3) is 0.355. The van der Waals surface area contributed by atoms with E-state index in [4.69, 9.17) is 48.9 Å². The van der Waals surface area contributed by atoms with E-state index in [0.29, 0.717) is 95.3 Å². The van der Waals surface area contributed by atoms with E-state index in [1.54, 1.807) is 0 Å². The molecule has 0 radical (unpaired) electrons. The van der Waals surface area contributed by atoms with Crippen molar-refractivity contribution in [1.29, 1.82) is 0 Å². The normalized spacial score (nSPS) is 11.7. The molecule has 0 aliphatic carbocycles. The summed E-state index contributed by atoms with van der Waals surface area (Å²) in [5, 5.41) is 3.11. The first-order valence-electron chi connectivity index (χ1n) is 52.1. The summed E-state index contributed by atoms with van der Waals surface area (Å²) < 4.78 is 28.9. The Morgan fingerprint density at radius 1 is 0.169 bits per heavy atom. The third kappa shape index (κ3) is 23.1. The Morgan fingerprint density at radius 2 is 0.316 bits per heavy atom. The van der Waals surface area contributed by atoms with Gasteiger partial charge in [-0.25, -0.2) is 29.9 Å². The summed E-state index contributed by atoms with van der Waals surface area (Å²) in [7, 11) is 0. The first kappa shape index (κ1) is 94.9. The van der Waals surface area contributed by atoms with E-state index in [0.717, 1.165) is 210 Å². The Kier molecular flexibility index (Phi) is 34.3. The largest absolute Gasteiger partial charge is 0.490 e. The molecule has 12 heteroatoms. The first-order chi connectivity index (χ1) is 67.5. The van der Waals surface area contributed by atoms with Crippen LogP contribution in [-0.4, -0.2) is 66.3 Å². The molecule has 0 saturated heterocycles. The minimum Gasteiger partial charge on any atom is -0.490 e. The molecule has 2 aliphatic rings. The zero-order valence-electron chi connectivity index (χ0n) is 81.0. The molecule has 698 valence electrons. The van der Waals surface area contributed by atoms with Gasteiger partial charge in [-0.15, -0.1) is 0 Å². The molecule has 0 amide bonds. The maximum Gasteiger partial charge on any atom is 0.165 e. The summed E-state index contributed by atoms with van der Waals surface area (Å²) in [5.74, 6) is 4.47. The number of hydrogen-bond acceptors (Lipinski definition) is 10. The summed E-state index contributed by atoms with van der Waals surface area (Å²) in [6.07, 6.45) is 43.0. The molecule has 0 fully saturated rings. The average Bonchev–Trinajstić information content (AvgIpc) is 1.56. The van der Waals surface area contributed by atoms with Crippen LogP contribution in [0, 0.1) is 0 Å². The van der Waals surface area contributed by atoms with Gasteiger partial charge in [0, 0.05) is 66.1 Å². The van der Waals surface area contributed by atoms with Crippen LogP contribution >= 0.6 is 0 Å². The van der Waals surface area contributed by atoms with Gasteiger partial charge in [-0.05, 0) is 117 Å². The summed E-state index contributed by atoms with van der Waals surface area (Å²) in [5.41, 5.74) is 21.5. The van der Waals surface area contributed by atoms with Gasteiger partial charge in [0.2, 0.25) is 0 Å². The van der Waals surface area contributed by atoms with Crippen LogP contribution in [-0.2, 0) is 0 Å². The molecule has 3 aromatic heterocycles. The number of fused-ring (bicyclic) bond motifs is 20. The molecule has 0 atom stereocenters. The third-order valence-corrected chi connectivity index (χ3v) is 27.4. The standard InChI is InChI=1S/C124H138N8O4/c1-5-9-13-17-21-25-29-33-61-81-133-101-85-97-98(86-102(101)134-82-62-34-30-26-22-18-14-10-6-2)118-125-117(97)127-121-113-109(93-73-53-41-54-74-93)105(89-65-45-37-46-66-89)106(90-67-47-38-48-68-90)110(94-75-55-42-56-76-94)114(113)123(131-121)129-119-99-87-103(135-83-63-35-31-27-23-19-15-11-7-3)104(136-84-64-36-32-28-24-20-16-12-8-4)88-100(99)120(126-119)130-124-116-112(96-79-59-44-60-80-96)108(92-71-51-40-52-72-92)107(91-69-49-39-50-70-91)111(95-77-57-43-58-78-95)115(116)122(128-118)132-124/h37-60,65-80,85-88H,5-36,61-64,81-84H2,1-4H3,(H2,125,126,127,128,129,130,131,132). The van der Waals surface area contributed by atoms with Gasteiger partial charge >= 0.3 is 0 Å². The molecule has 2 N–H and O–H groups in total. The molecule has 12 aromatic carbocycles. The maximum absolute atomic E-state index is 7.24. The van der Waals surface area contributed by atoms with Crippen molar-refractivity contribution in [3.05, 3.63) is 267 Å². The van der Waals surface area contributed by atoms with Crippen LogP contribution in [0.15, 0.2) is 267 Å². The van der Waals surface area contributed by atoms with E-state index in [1.807, 2.05) is 0 Å². The summed E-state index contributed by atoms with van der Waals surface area (Å²) in [6.45, 7) is 11.2. The zero-order valence-corrected chi connectivity index (χ0v) is 81.0. The fourth-order valence-electron chi connectivity index (χ4n) is 20.3. The number of benzene rings is 12. The third-order valence-electron chi connectivity index (χ3n) is 27.4. The predicted octanol–water partition coefficient (Wildman–Crippen LogP) is 35.8. The number of aromatic amines is 2. The highest BCUT2D eigenvalue weighted by Gasteiger charge is 2.38. The van der Waals surface area contributed by atoms with Crippen molar-refractivity contribution in [2.75, 3.05) is 26.4 Å². The van der Waals surface area contributed by atoms with Gasteiger partial charge in [0.05, 0.1) is 26.4 Å². The number of aromatic nitrogens is 8. The van der Waals surface area contributed by atoms with Crippen LogP contribution in [0.4, 0.5) is 0 Å². The average molecular weight is 1800 g/mol. The van der Waals surface area contributed by atoms with Crippen molar-refractivity contribution in [1.82, 2.24) is 39.9 Å². The lowest BCUT2D eigenvalue weighted by molar-refractivity contribution is 0.259. The Bertz CT molecular complexity index is 5750. The highest BCUT2D eigenvalue weighted by Crippen LogP contribution is 2.60. The number of hydrogen-bond donors (Lipinski definition) is 2. The van der Waals surface area contributed by atoms with Crippen LogP contribution in [0.5, 0.6) is 23.0 Å². The van der Waals surface area contributed by atoms with Gasteiger partial charge in [0.1, 0.15) is 22.6 Å². The van der Waals surface area contributed by atoms with Crippen molar-refractivity contribution >= 4 is 44.1 Å². The topological polar surface area (TPSA) is 146 Å². The minimum atomic E-state index is 0.461. The molecule has 136 heavy (non-hydrogen) atoms. The van der Waals surface area contributed by atoms with E-state index >= 15 is 0 Å². The van der Waals surface area contributed by atoms with E-state index in [1.165, 1.54) is 154 Å². The van der Waals surface area contributed by atoms with E-state index < -0.39 is 0 Å². The summed E-state index contributed by atoms with van der Waals surface area (Å²) in [6, 6.07) is 95.7. The van der Waals surface area contributed by atoms with Crippen molar-refractivity contribution in [3.8, 4) is 158 Å². The molecule has 5 heterocycles. The van der Waals surface area contributed by atoms with Crippen LogP contribution in [0.1, 0.15) is 259 Å². The van der Waals surface area contributed by atoms with Crippen LogP contribution in [0.2, 0.25) is 0 Å². The van der Waals surface area contributed by atoms with Crippen molar-refractivity contribution in [3.63, 3.8) is 0 Å². The van der Waals surface area contributed by atoms with Gasteiger partial charge < -0.3 is 28.9 Å². The van der Waals surface area contributed by atoms with Gasteiger partial charge in [-0.1, -0.05) is 476 Å². The molecule has 17 rings (SSSR count). The van der Waals surface area contributed by atoms with Crippen LogP contribution < -0.4 is 18.9 Å². The van der Waals surface area contributed by atoms with Crippen molar-refractivity contribution in [2.24, 2.45) is 0 Å². The van der Waals surface area contributed by atoms with E-state index in [9.17, 15) is 0 Å². The predicted molar refractivity (Wildman–Crippen MR) is 570 cm³/mol. The monoisotopic (exact) mass is 1800 g/mol. The van der Waals surface area contributed by atoms with Gasteiger partial charge in [0.15, 0.2) is 46.3 Å². The Hall–Kier alpha value is -12.8. The highest BCUT2D eigenvalue weighted by atomic mass is 16.5. The maximum atomic E-state index is 7.24. The quantitative estimate of drug-likeness (QED) is 0.0353. The molecule has 0 unspecified atom stereocenters. The van der Waals surface area contributed by atoms with Crippen molar-refractivity contribution in [2.45, 2.75) is 259 Å². The number of ether oxygens (including phenoxy) is 4. The second-order valence-electron chi connectivity index (χ2n) is 37.4. The molecule has 0 saturated carbocycles. The second-order valence-corrected chi connectivity index (χ2v) is 37.4. The van der Waals surface area contributed by atoms with Gasteiger partial charge in [0.25, 0.3) is 0 Å². The van der Waals surface area contributed by atoms with E-state index in [2.05, 4.69) is 305 Å². The lowest BCUT2D eigenvalue weighted by Gasteiger charge is -2.25. The minimum absolute atomic E-state index is 0.461. The number of H-pyrrole nitrogens is 2. The van der Waals surface area contributed by atoms with E-state index in [-0.39, 0.29) is 0 Å². The Morgan fingerprint density at radius 3 is 0.478 bits per heavy atom. The fourth-order valence-corrected chi connectivity index (χ4v) is 20.3. The summed E-state index contributed by atoms with van der Waals surface area (Å²) in [4.78, 5) is 45.0. The molecule has 2 aliphatic heterocycles. The molecule has 12 nitrogen and oxygen atoms in total. The number of nitrogens with zero attached hydrogens (tertiary/aromatic N) is 6. The highest BCUT2D eigenvalue weighted by molar-refractivity contribution is 6.18. The molecular weight excluding hydrogens is 1670 g/mol. The molecule has 0 spiro atoms. The number of rotatable bonds is 52. The zero-order chi connectivity index (χ0) is 92.7. The molecule has 8 bridgehead atoms. The first-order valence-corrected chi connectivity index (χ1v) is 52.1. The number of nitrogens with one attached hydrogen (secondary N) is 2. The summed E-state index contributed by atoms with van der Waals surface area (Å²) >= 11 is 0. The smallest absolute Gasteiger partial charge is 0.165 e. The lowest BCUT2D eigenvalue weighted by atomic mass is 9.77. The molecular formula is C124H138N8O4.